The molecule has 0 aliphatic rings. The highest BCUT2D eigenvalue weighted by molar-refractivity contribution is 6.04. The van der Waals surface area contributed by atoms with Crippen LogP contribution in [-0.4, -0.2) is 36.2 Å². The van der Waals surface area contributed by atoms with Gasteiger partial charge in [0, 0.05) is 25.2 Å². The third-order valence-electron chi connectivity index (χ3n) is 4.07. The first kappa shape index (κ1) is 20.1. The Morgan fingerprint density at radius 3 is 2.19 bits per heavy atom. The standard InChI is InChI=1S/C20H22FN3O3/c1-13(22-19(26)12-24(3)14(2)25)15-6-10-18(11-7-15)23-20(27)16-4-8-17(21)9-5-16/h4-11,13H,12H2,1-3H3,(H,22,26)(H,23,27)/t13-/m1/s1. The number of hydrogen-bond donors (Lipinski definition) is 2. The van der Waals surface area contributed by atoms with Gasteiger partial charge in [-0.2, -0.15) is 0 Å². The summed E-state index contributed by atoms with van der Waals surface area (Å²) < 4.78 is 12.9. The molecule has 0 radical (unpaired) electrons. The molecule has 0 saturated heterocycles. The Bertz CT molecular complexity index is 819. The van der Waals surface area contributed by atoms with Gasteiger partial charge in [-0.15, -0.1) is 0 Å². The second-order valence-electron chi connectivity index (χ2n) is 6.25. The first-order chi connectivity index (χ1) is 12.8. The molecule has 0 fully saturated rings. The van der Waals surface area contributed by atoms with Crippen molar-refractivity contribution in [3.63, 3.8) is 0 Å². The molecule has 0 unspecified atom stereocenters. The van der Waals surface area contributed by atoms with Gasteiger partial charge < -0.3 is 15.5 Å². The van der Waals surface area contributed by atoms with Gasteiger partial charge in [0.1, 0.15) is 5.82 Å². The number of carbonyl (C=O) groups is 3. The Morgan fingerprint density at radius 2 is 1.63 bits per heavy atom. The molecule has 3 amide bonds. The van der Waals surface area contributed by atoms with E-state index in [9.17, 15) is 18.8 Å². The van der Waals surface area contributed by atoms with Crippen molar-refractivity contribution in [3.8, 4) is 0 Å². The molecule has 2 aromatic rings. The summed E-state index contributed by atoms with van der Waals surface area (Å²) in [6, 6.07) is 12.1. The molecule has 142 valence electrons. The maximum atomic E-state index is 12.9. The molecule has 0 spiro atoms. The molecule has 0 bridgehead atoms. The Morgan fingerprint density at radius 1 is 1.04 bits per heavy atom. The number of rotatable bonds is 6. The highest BCUT2D eigenvalue weighted by atomic mass is 19.1. The molecular formula is C20H22FN3O3. The van der Waals surface area contributed by atoms with Crippen molar-refractivity contribution in [2.75, 3.05) is 18.9 Å². The smallest absolute Gasteiger partial charge is 0.255 e. The minimum Gasteiger partial charge on any atom is -0.348 e. The molecule has 2 aromatic carbocycles. The van der Waals surface area contributed by atoms with Gasteiger partial charge >= 0.3 is 0 Å². The van der Waals surface area contributed by atoms with Crippen LogP contribution in [-0.2, 0) is 9.59 Å². The summed E-state index contributed by atoms with van der Waals surface area (Å²) in [4.78, 5) is 36.6. The number of benzene rings is 2. The van der Waals surface area contributed by atoms with Crippen LogP contribution in [0.15, 0.2) is 48.5 Å². The van der Waals surface area contributed by atoms with E-state index < -0.39 is 5.82 Å². The summed E-state index contributed by atoms with van der Waals surface area (Å²) >= 11 is 0. The highest BCUT2D eigenvalue weighted by Crippen LogP contribution is 2.17. The van der Waals surface area contributed by atoms with Crippen LogP contribution in [0.2, 0.25) is 0 Å². The maximum Gasteiger partial charge on any atom is 0.255 e. The Labute approximate surface area is 157 Å². The monoisotopic (exact) mass is 371 g/mol. The van der Waals surface area contributed by atoms with Crippen LogP contribution in [0.1, 0.15) is 35.8 Å². The van der Waals surface area contributed by atoms with E-state index in [1.165, 1.54) is 36.1 Å². The average molecular weight is 371 g/mol. The Hall–Kier alpha value is -3.22. The van der Waals surface area contributed by atoms with Crippen LogP contribution >= 0.6 is 0 Å². The van der Waals surface area contributed by atoms with Gasteiger partial charge in [-0.3, -0.25) is 14.4 Å². The van der Waals surface area contributed by atoms with Gasteiger partial charge in [0.15, 0.2) is 0 Å². The predicted octanol–water partition coefficient (Wildman–Crippen LogP) is 2.73. The van der Waals surface area contributed by atoms with Gasteiger partial charge in [0.25, 0.3) is 5.91 Å². The van der Waals surface area contributed by atoms with Gasteiger partial charge in [-0.1, -0.05) is 12.1 Å². The third kappa shape index (κ3) is 5.91. The molecule has 0 saturated carbocycles. The fourth-order valence-corrected chi connectivity index (χ4v) is 2.36. The minimum absolute atomic E-state index is 0.00845. The number of amides is 3. The first-order valence-electron chi connectivity index (χ1n) is 8.44. The molecule has 2 rings (SSSR count). The molecule has 27 heavy (non-hydrogen) atoms. The van der Waals surface area contributed by atoms with E-state index >= 15 is 0 Å². The highest BCUT2D eigenvalue weighted by Gasteiger charge is 2.13. The number of halogens is 1. The topological polar surface area (TPSA) is 78.5 Å². The first-order valence-corrected chi connectivity index (χ1v) is 8.44. The van der Waals surface area contributed by atoms with E-state index in [0.717, 1.165) is 5.56 Å². The molecule has 2 N–H and O–H groups in total. The molecule has 0 aliphatic heterocycles. The number of carbonyl (C=O) groups excluding carboxylic acids is 3. The second kappa shape index (κ2) is 8.93. The number of anilines is 1. The maximum absolute atomic E-state index is 12.9. The molecule has 0 heterocycles. The molecule has 7 heteroatoms. The van der Waals surface area contributed by atoms with E-state index in [1.54, 1.807) is 31.3 Å². The van der Waals surface area contributed by atoms with Gasteiger partial charge in [-0.25, -0.2) is 4.39 Å². The van der Waals surface area contributed by atoms with Crippen LogP contribution in [0.3, 0.4) is 0 Å². The second-order valence-corrected chi connectivity index (χ2v) is 6.25. The van der Waals surface area contributed by atoms with Crippen LogP contribution in [0, 0.1) is 5.82 Å². The lowest BCUT2D eigenvalue weighted by Gasteiger charge is -2.18. The van der Waals surface area contributed by atoms with Crippen molar-refractivity contribution in [2.24, 2.45) is 0 Å². The largest absolute Gasteiger partial charge is 0.348 e. The van der Waals surface area contributed by atoms with Crippen molar-refractivity contribution in [1.82, 2.24) is 10.2 Å². The number of nitrogens with zero attached hydrogens (tertiary/aromatic N) is 1. The quantitative estimate of drug-likeness (QED) is 0.820. The Balaban J connectivity index is 1.93. The van der Waals surface area contributed by atoms with E-state index in [1.807, 2.05) is 6.92 Å². The molecule has 1 atom stereocenters. The SMILES string of the molecule is CC(=O)N(C)CC(=O)N[C@H](C)c1ccc(NC(=O)c2ccc(F)cc2)cc1. The van der Waals surface area contributed by atoms with E-state index in [2.05, 4.69) is 10.6 Å². The van der Waals surface area contributed by atoms with Gasteiger partial charge in [0.05, 0.1) is 12.6 Å². The van der Waals surface area contributed by atoms with Crippen LogP contribution < -0.4 is 10.6 Å². The fraction of sp³-hybridized carbons (Fsp3) is 0.250. The summed E-state index contributed by atoms with van der Waals surface area (Å²) in [5.74, 6) is -1.18. The summed E-state index contributed by atoms with van der Waals surface area (Å²) in [5.41, 5.74) is 1.80. The number of nitrogens with one attached hydrogen (secondary N) is 2. The predicted molar refractivity (Wildman–Crippen MR) is 101 cm³/mol. The summed E-state index contributed by atoms with van der Waals surface area (Å²) in [6.07, 6.45) is 0. The van der Waals surface area contributed by atoms with E-state index in [-0.39, 0.29) is 30.3 Å². The van der Waals surface area contributed by atoms with E-state index in [4.69, 9.17) is 0 Å². The lowest BCUT2D eigenvalue weighted by atomic mass is 10.1. The van der Waals surface area contributed by atoms with Crippen LogP contribution in [0.25, 0.3) is 0 Å². The van der Waals surface area contributed by atoms with Gasteiger partial charge in [-0.05, 0) is 48.9 Å². The summed E-state index contributed by atoms with van der Waals surface area (Å²) in [7, 11) is 1.56. The lowest BCUT2D eigenvalue weighted by Crippen LogP contribution is -2.38. The minimum atomic E-state index is -0.401. The normalized spacial score (nSPS) is 11.4. The van der Waals surface area contributed by atoms with Crippen LogP contribution in [0.5, 0.6) is 0 Å². The Kier molecular flexibility index (Phi) is 6.65. The van der Waals surface area contributed by atoms with Crippen LogP contribution in [0.4, 0.5) is 10.1 Å². The zero-order chi connectivity index (χ0) is 20.0. The molecular weight excluding hydrogens is 349 g/mol. The fourth-order valence-electron chi connectivity index (χ4n) is 2.36. The average Bonchev–Trinajstić information content (AvgIpc) is 2.62. The van der Waals surface area contributed by atoms with Crippen molar-refractivity contribution in [2.45, 2.75) is 19.9 Å². The number of hydrogen-bond acceptors (Lipinski definition) is 3. The summed E-state index contributed by atoms with van der Waals surface area (Å²) in [5, 5.41) is 5.55. The zero-order valence-corrected chi connectivity index (χ0v) is 15.5. The summed E-state index contributed by atoms with van der Waals surface area (Å²) in [6.45, 7) is 3.22. The molecule has 0 aromatic heterocycles. The van der Waals surface area contributed by atoms with Crippen molar-refractivity contribution in [1.29, 1.82) is 0 Å². The van der Waals surface area contributed by atoms with Crippen molar-refractivity contribution in [3.05, 3.63) is 65.5 Å². The van der Waals surface area contributed by atoms with Gasteiger partial charge in [0.2, 0.25) is 11.8 Å². The van der Waals surface area contributed by atoms with E-state index in [0.29, 0.717) is 11.3 Å². The third-order valence-corrected chi connectivity index (χ3v) is 4.07. The van der Waals surface area contributed by atoms with Crippen molar-refractivity contribution >= 4 is 23.4 Å². The zero-order valence-electron chi connectivity index (χ0n) is 15.5. The number of likely N-dealkylation sites (N-methyl/N-ethyl adjacent to an activating group) is 1. The molecule has 0 aliphatic carbocycles. The van der Waals surface area contributed by atoms with Crippen molar-refractivity contribution < 1.29 is 18.8 Å². The molecule has 6 nitrogen and oxygen atoms in total. The lowest BCUT2D eigenvalue weighted by molar-refractivity contribution is -0.133.